The van der Waals surface area contributed by atoms with Crippen LogP contribution in [-0.4, -0.2) is 5.91 Å². The monoisotopic (exact) mass is 273 g/mol. The summed E-state index contributed by atoms with van der Waals surface area (Å²) in [7, 11) is 0. The van der Waals surface area contributed by atoms with Crippen molar-refractivity contribution in [2.24, 2.45) is 5.92 Å². The summed E-state index contributed by atoms with van der Waals surface area (Å²) in [6, 6.07) is 12.1. The first-order valence-corrected chi connectivity index (χ1v) is 7.47. The van der Waals surface area contributed by atoms with Gasteiger partial charge in [0.2, 0.25) is 5.91 Å². The molecule has 0 radical (unpaired) electrons. The molecule has 1 amide bonds. The van der Waals surface area contributed by atoms with Crippen molar-refractivity contribution in [1.29, 1.82) is 0 Å². The van der Waals surface area contributed by atoms with Crippen LogP contribution in [0.15, 0.2) is 41.8 Å². The Balaban J connectivity index is 2.10. The van der Waals surface area contributed by atoms with Crippen molar-refractivity contribution >= 4 is 22.9 Å². The van der Waals surface area contributed by atoms with Crippen LogP contribution in [-0.2, 0) is 4.79 Å². The van der Waals surface area contributed by atoms with Gasteiger partial charge in [-0.15, -0.1) is 11.3 Å². The Labute approximate surface area is 118 Å². The smallest absolute Gasteiger partial charge is 0.224 e. The van der Waals surface area contributed by atoms with Crippen LogP contribution in [0, 0.1) is 5.92 Å². The van der Waals surface area contributed by atoms with E-state index >= 15 is 0 Å². The zero-order valence-corrected chi connectivity index (χ0v) is 12.2. The number of para-hydroxylation sites is 1. The maximum Gasteiger partial charge on any atom is 0.224 e. The van der Waals surface area contributed by atoms with Gasteiger partial charge in [0.05, 0.1) is 0 Å². The first kappa shape index (κ1) is 13.8. The van der Waals surface area contributed by atoms with Crippen LogP contribution in [0.3, 0.4) is 0 Å². The summed E-state index contributed by atoms with van der Waals surface area (Å²) in [4.78, 5) is 13.1. The van der Waals surface area contributed by atoms with E-state index in [1.165, 1.54) is 4.88 Å². The lowest BCUT2D eigenvalue weighted by Gasteiger charge is -2.10. The van der Waals surface area contributed by atoms with E-state index in [1.54, 1.807) is 11.3 Å². The number of anilines is 1. The predicted molar refractivity (Wildman–Crippen MR) is 82.5 cm³/mol. The number of benzene rings is 1. The van der Waals surface area contributed by atoms with E-state index < -0.39 is 0 Å². The summed E-state index contributed by atoms with van der Waals surface area (Å²) in [5.74, 6) is 0.649. The van der Waals surface area contributed by atoms with Gasteiger partial charge in [-0.3, -0.25) is 4.79 Å². The Bertz CT molecular complexity index is 531. The van der Waals surface area contributed by atoms with Crippen LogP contribution in [0.1, 0.15) is 26.7 Å². The number of amides is 1. The standard InChI is InChI=1S/C16H19NOS/c1-12(2)9-10-16(18)17-14-7-4-3-6-13(14)15-8-5-11-19-15/h3-8,11-12H,9-10H2,1-2H3,(H,17,18). The molecule has 0 saturated carbocycles. The lowest BCUT2D eigenvalue weighted by molar-refractivity contribution is -0.116. The van der Waals surface area contributed by atoms with Crippen molar-refractivity contribution in [2.45, 2.75) is 26.7 Å². The average molecular weight is 273 g/mol. The number of rotatable bonds is 5. The van der Waals surface area contributed by atoms with Gasteiger partial charge in [-0.05, 0) is 29.9 Å². The highest BCUT2D eigenvalue weighted by Crippen LogP contribution is 2.31. The molecule has 0 aliphatic rings. The fraction of sp³-hybridized carbons (Fsp3) is 0.312. The molecule has 0 bridgehead atoms. The molecular weight excluding hydrogens is 254 g/mol. The minimum atomic E-state index is 0.0951. The predicted octanol–water partition coefficient (Wildman–Crippen LogP) is 4.79. The molecule has 1 heterocycles. The lowest BCUT2D eigenvalue weighted by Crippen LogP contribution is -2.12. The van der Waals surface area contributed by atoms with Crippen molar-refractivity contribution in [3.05, 3.63) is 41.8 Å². The fourth-order valence-corrected chi connectivity index (χ4v) is 2.64. The third kappa shape index (κ3) is 3.93. The summed E-state index contributed by atoms with van der Waals surface area (Å²) in [6.45, 7) is 4.26. The Kier molecular flexibility index (Phi) is 4.74. The maximum atomic E-state index is 11.9. The van der Waals surface area contributed by atoms with Gasteiger partial charge in [-0.1, -0.05) is 38.1 Å². The van der Waals surface area contributed by atoms with Crippen LogP contribution in [0.25, 0.3) is 10.4 Å². The Morgan fingerprint density at radius 3 is 2.68 bits per heavy atom. The maximum absolute atomic E-state index is 11.9. The zero-order chi connectivity index (χ0) is 13.7. The molecule has 0 aliphatic heterocycles. The van der Waals surface area contributed by atoms with Gasteiger partial charge in [0.1, 0.15) is 0 Å². The minimum Gasteiger partial charge on any atom is -0.325 e. The first-order valence-electron chi connectivity index (χ1n) is 6.59. The summed E-state index contributed by atoms with van der Waals surface area (Å²) in [6.07, 6.45) is 1.50. The molecule has 1 aromatic heterocycles. The van der Waals surface area contributed by atoms with Crippen LogP contribution in [0.2, 0.25) is 0 Å². The van der Waals surface area contributed by atoms with Gasteiger partial charge in [-0.25, -0.2) is 0 Å². The van der Waals surface area contributed by atoms with Crippen molar-refractivity contribution in [3.8, 4) is 10.4 Å². The molecule has 100 valence electrons. The molecule has 2 aromatic rings. The van der Waals surface area contributed by atoms with E-state index in [9.17, 15) is 4.79 Å². The number of nitrogens with one attached hydrogen (secondary N) is 1. The van der Waals surface area contributed by atoms with E-state index in [0.717, 1.165) is 17.7 Å². The second-order valence-electron chi connectivity index (χ2n) is 5.00. The van der Waals surface area contributed by atoms with Crippen molar-refractivity contribution in [1.82, 2.24) is 0 Å². The average Bonchev–Trinajstić information content (AvgIpc) is 2.91. The summed E-state index contributed by atoms with van der Waals surface area (Å²) in [5.41, 5.74) is 1.99. The highest BCUT2D eigenvalue weighted by molar-refractivity contribution is 7.13. The summed E-state index contributed by atoms with van der Waals surface area (Å²) in [5, 5.41) is 5.07. The van der Waals surface area contributed by atoms with Gasteiger partial charge in [0.15, 0.2) is 0 Å². The molecule has 0 spiro atoms. The summed E-state index contributed by atoms with van der Waals surface area (Å²) >= 11 is 1.68. The first-order chi connectivity index (χ1) is 9.16. The Morgan fingerprint density at radius 1 is 1.21 bits per heavy atom. The van der Waals surface area contributed by atoms with Gasteiger partial charge >= 0.3 is 0 Å². The SMILES string of the molecule is CC(C)CCC(=O)Nc1ccccc1-c1cccs1. The molecule has 0 atom stereocenters. The highest BCUT2D eigenvalue weighted by Gasteiger charge is 2.09. The van der Waals surface area contributed by atoms with Crippen molar-refractivity contribution in [3.63, 3.8) is 0 Å². The number of carbonyl (C=O) groups is 1. The Hall–Kier alpha value is -1.61. The van der Waals surface area contributed by atoms with Gasteiger partial charge < -0.3 is 5.32 Å². The lowest BCUT2D eigenvalue weighted by atomic mass is 10.1. The molecule has 2 nitrogen and oxygen atoms in total. The van der Waals surface area contributed by atoms with Gasteiger partial charge in [0.25, 0.3) is 0 Å². The molecule has 1 aromatic carbocycles. The topological polar surface area (TPSA) is 29.1 Å². The van der Waals surface area contributed by atoms with Crippen LogP contribution < -0.4 is 5.32 Å². The van der Waals surface area contributed by atoms with Gasteiger partial charge in [0, 0.05) is 22.5 Å². The second kappa shape index (κ2) is 6.53. The molecular formula is C16H19NOS. The Morgan fingerprint density at radius 2 is 2.00 bits per heavy atom. The van der Waals surface area contributed by atoms with Crippen molar-refractivity contribution in [2.75, 3.05) is 5.32 Å². The zero-order valence-electron chi connectivity index (χ0n) is 11.3. The number of hydrogen-bond donors (Lipinski definition) is 1. The van der Waals surface area contributed by atoms with Gasteiger partial charge in [-0.2, -0.15) is 0 Å². The van der Waals surface area contributed by atoms with Crippen LogP contribution in [0.4, 0.5) is 5.69 Å². The van der Waals surface area contributed by atoms with E-state index in [2.05, 4.69) is 25.2 Å². The van der Waals surface area contributed by atoms with E-state index in [1.807, 2.05) is 35.7 Å². The molecule has 1 N–H and O–H groups in total. The quantitative estimate of drug-likeness (QED) is 0.833. The molecule has 0 unspecified atom stereocenters. The molecule has 0 fully saturated rings. The van der Waals surface area contributed by atoms with E-state index in [0.29, 0.717) is 12.3 Å². The molecule has 0 aliphatic carbocycles. The van der Waals surface area contributed by atoms with Crippen LogP contribution in [0.5, 0.6) is 0 Å². The fourth-order valence-electron chi connectivity index (χ4n) is 1.87. The normalized spacial score (nSPS) is 10.7. The number of thiophene rings is 1. The van der Waals surface area contributed by atoms with E-state index in [4.69, 9.17) is 0 Å². The largest absolute Gasteiger partial charge is 0.325 e. The molecule has 2 rings (SSSR count). The van der Waals surface area contributed by atoms with Crippen LogP contribution >= 0.6 is 11.3 Å². The van der Waals surface area contributed by atoms with Crippen molar-refractivity contribution < 1.29 is 4.79 Å². The third-order valence-electron chi connectivity index (χ3n) is 2.94. The summed E-state index contributed by atoms with van der Waals surface area (Å²) < 4.78 is 0. The number of hydrogen-bond acceptors (Lipinski definition) is 2. The molecule has 0 saturated heterocycles. The minimum absolute atomic E-state index is 0.0951. The molecule has 19 heavy (non-hydrogen) atoms. The highest BCUT2D eigenvalue weighted by atomic mass is 32.1. The molecule has 3 heteroatoms. The number of carbonyl (C=O) groups excluding carboxylic acids is 1. The van der Waals surface area contributed by atoms with E-state index in [-0.39, 0.29) is 5.91 Å². The third-order valence-corrected chi connectivity index (χ3v) is 3.84. The second-order valence-corrected chi connectivity index (χ2v) is 5.95.